The fraction of sp³-hybridized carbons (Fsp3) is 0.400. The van der Waals surface area contributed by atoms with Crippen molar-refractivity contribution in [2.24, 2.45) is 5.73 Å². The highest BCUT2D eigenvalue weighted by Gasteiger charge is 2.26. The van der Waals surface area contributed by atoms with Gasteiger partial charge in [-0.05, 0) is 37.8 Å². The highest BCUT2D eigenvalue weighted by molar-refractivity contribution is 7.89. The van der Waals surface area contributed by atoms with E-state index in [1.54, 1.807) is 30.3 Å². The van der Waals surface area contributed by atoms with Crippen molar-refractivity contribution in [2.45, 2.75) is 42.7 Å². The predicted octanol–water partition coefficient (Wildman–Crippen LogP) is 2.31. The van der Waals surface area contributed by atoms with Crippen LogP contribution >= 0.6 is 12.4 Å². The smallest absolute Gasteiger partial charge is 0.241 e. The first-order valence-electron chi connectivity index (χ1n) is 7.34. The van der Waals surface area contributed by atoms with Crippen LogP contribution in [-0.4, -0.2) is 25.7 Å². The molecule has 3 N–H and O–H groups in total. The van der Waals surface area contributed by atoms with Crippen LogP contribution in [0.15, 0.2) is 45.9 Å². The minimum atomic E-state index is -3.61. The summed E-state index contributed by atoms with van der Waals surface area (Å²) in [6, 6.07) is 8.53. The summed E-state index contributed by atoms with van der Waals surface area (Å²) in [5.41, 5.74) is 6.38. The fourth-order valence-corrected chi connectivity index (χ4v) is 4.30. The van der Waals surface area contributed by atoms with Gasteiger partial charge in [0.1, 0.15) is 0 Å². The molecule has 1 fully saturated rings. The molecule has 1 aromatic carbocycles. The van der Waals surface area contributed by atoms with E-state index in [1.807, 2.05) is 0 Å². The van der Waals surface area contributed by atoms with Crippen LogP contribution in [0.5, 0.6) is 0 Å². The van der Waals surface area contributed by atoms with Crippen LogP contribution in [0.1, 0.15) is 25.7 Å². The lowest BCUT2D eigenvalue weighted by Gasteiger charge is -2.26. The third-order valence-corrected chi connectivity index (χ3v) is 5.55. The van der Waals surface area contributed by atoms with E-state index in [1.165, 1.54) is 6.20 Å². The number of nitrogens with two attached hydrogens (primary N) is 1. The zero-order valence-corrected chi connectivity index (χ0v) is 14.1. The monoisotopic (exact) mass is 357 g/mol. The lowest BCUT2D eigenvalue weighted by Crippen LogP contribution is -2.40. The second kappa shape index (κ2) is 7.44. The van der Waals surface area contributed by atoms with Gasteiger partial charge < -0.3 is 10.3 Å². The highest BCUT2D eigenvalue weighted by atomic mass is 35.5. The number of hydrogen-bond donors (Lipinski definition) is 2. The summed E-state index contributed by atoms with van der Waals surface area (Å²) in [6.07, 6.45) is 4.72. The average Bonchev–Trinajstić information content (AvgIpc) is 3.04. The van der Waals surface area contributed by atoms with Crippen LogP contribution in [0.25, 0.3) is 11.3 Å². The van der Waals surface area contributed by atoms with Gasteiger partial charge in [0.2, 0.25) is 10.0 Å². The Bertz CT molecular complexity index is 726. The SMILES string of the molecule is Cl.NC1CCC(NS(=O)(=O)c2ccccc2-c2ccno2)CC1. The van der Waals surface area contributed by atoms with Crippen molar-refractivity contribution in [1.29, 1.82) is 0 Å². The molecule has 0 saturated heterocycles. The van der Waals surface area contributed by atoms with Crippen molar-refractivity contribution in [3.05, 3.63) is 36.5 Å². The molecule has 0 atom stereocenters. The van der Waals surface area contributed by atoms with E-state index in [0.717, 1.165) is 25.7 Å². The van der Waals surface area contributed by atoms with E-state index < -0.39 is 10.0 Å². The van der Waals surface area contributed by atoms with Gasteiger partial charge in [0.25, 0.3) is 0 Å². The molecule has 0 unspecified atom stereocenters. The summed E-state index contributed by atoms with van der Waals surface area (Å²) in [4.78, 5) is 0.210. The molecule has 1 aromatic heterocycles. The van der Waals surface area contributed by atoms with Gasteiger partial charge in [-0.1, -0.05) is 17.3 Å². The van der Waals surface area contributed by atoms with Crippen molar-refractivity contribution < 1.29 is 12.9 Å². The Hall–Kier alpha value is -1.41. The van der Waals surface area contributed by atoms with E-state index in [2.05, 4.69) is 9.88 Å². The summed E-state index contributed by atoms with van der Waals surface area (Å²) in [5.74, 6) is 0.437. The predicted molar refractivity (Wildman–Crippen MR) is 89.7 cm³/mol. The molecule has 0 bridgehead atoms. The molecule has 0 aliphatic heterocycles. The molecule has 0 radical (unpaired) electrons. The molecular formula is C15H20ClN3O3S. The molecule has 2 aromatic rings. The zero-order chi connectivity index (χ0) is 15.6. The number of benzene rings is 1. The van der Waals surface area contributed by atoms with Crippen LogP contribution in [-0.2, 0) is 10.0 Å². The van der Waals surface area contributed by atoms with E-state index in [4.69, 9.17) is 10.3 Å². The first kappa shape index (κ1) is 17.9. The maximum absolute atomic E-state index is 12.7. The van der Waals surface area contributed by atoms with Gasteiger partial charge in [-0.25, -0.2) is 13.1 Å². The first-order chi connectivity index (χ1) is 10.6. The van der Waals surface area contributed by atoms with E-state index in [0.29, 0.717) is 11.3 Å². The summed E-state index contributed by atoms with van der Waals surface area (Å²) in [7, 11) is -3.61. The fourth-order valence-electron chi connectivity index (χ4n) is 2.78. The Balaban J connectivity index is 0.00000192. The van der Waals surface area contributed by atoms with Crippen LogP contribution in [0, 0.1) is 0 Å². The summed E-state index contributed by atoms with van der Waals surface area (Å²) >= 11 is 0. The van der Waals surface area contributed by atoms with Gasteiger partial charge in [-0.15, -0.1) is 12.4 Å². The molecule has 0 spiro atoms. The van der Waals surface area contributed by atoms with E-state index in [-0.39, 0.29) is 29.4 Å². The van der Waals surface area contributed by atoms with Gasteiger partial charge in [0.15, 0.2) is 5.76 Å². The lowest BCUT2D eigenvalue weighted by molar-refractivity contribution is 0.373. The van der Waals surface area contributed by atoms with Gasteiger partial charge in [-0.2, -0.15) is 0 Å². The third-order valence-electron chi connectivity index (χ3n) is 3.97. The van der Waals surface area contributed by atoms with Crippen molar-refractivity contribution in [2.75, 3.05) is 0 Å². The lowest BCUT2D eigenvalue weighted by atomic mass is 9.93. The van der Waals surface area contributed by atoms with Crippen molar-refractivity contribution in [3.63, 3.8) is 0 Å². The zero-order valence-electron chi connectivity index (χ0n) is 12.5. The molecule has 1 aliphatic rings. The van der Waals surface area contributed by atoms with Gasteiger partial charge >= 0.3 is 0 Å². The first-order valence-corrected chi connectivity index (χ1v) is 8.82. The van der Waals surface area contributed by atoms with E-state index in [9.17, 15) is 8.42 Å². The van der Waals surface area contributed by atoms with Crippen LogP contribution in [0.3, 0.4) is 0 Å². The molecule has 126 valence electrons. The average molecular weight is 358 g/mol. The summed E-state index contributed by atoms with van der Waals surface area (Å²) in [5, 5.41) is 3.64. The molecule has 1 heterocycles. The van der Waals surface area contributed by atoms with Crippen molar-refractivity contribution in [1.82, 2.24) is 9.88 Å². The number of sulfonamides is 1. The Kier molecular flexibility index (Phi) is 5.80. The van der Waals surface area contributed by atoms with E-state index >= 15 is 0 Å². The Morgan fingerprint density at radius 1 is 1.13 bits per heavy atom. The van der Waals surface area contributed by atoms with Crippen LogP contribution in [0.4, 0.5) is 0 Å². The minimum absolute atomic E-state index is 0. The molecule has 1 saturated carbocycles. The molecular weight excluding hydrogens is 338 g/mol. The van der Waals surface area contributed by atoms with Gasteiger partial charge in [0, 0.05) is 23.7 Å². The Morgan fingerprint density at radius 3 is 2.48 bits per heavy atom. The number of rotatable bonds is 4. The summed E-state index contributed by atoms with van der Waals surface area (Å²) < 4.78 is 33.3. The summed E-state index contributed by atoms with van der Waals surface area (Å²) in [6.45, 7) is 0. The number of nitrogens with one attached hydrogen (secondary N) is 1. The van der Waals surface area contributed by atoms with Crippen molar-refractivity contribution in [3.8, 4) is 11.3 Å². The van der Waals surface area contributed by atoms with Crippen LogP contribution in [0.2, 0.25) is 0 Å². The van der Waals surface area contributed by atoms with Crippen LogP contribution < -0.4 is 10.5 Å². The van der Waals surface area contributed by atoms with Crippen molar-refractivity contribution >= 4 is 22.4 Å². The minimum Gasteiger partial charge on any atom is -0.356 e. The number of aromatic nitrogens is 1. The highest BCUT2D eigenvalue weighted by Crippen LogP contribution is 2.28. The normalized spacial score (nSPS) is 21.6. The largest absolute Gasteiger partial charge is 0.356 e. The Morgan fingerprint density at radius 2 is 1.83 bits per heavy atom. The number of hydrogen-bond acceptors (Lipinski definition) is 5. The molecule has 6 nitrogen and oxygen atoms in total. The second-order valence-corrected chi connectivity index (χ2v) is 7.29. The molecule has 8 heteroatoms. The Labute approximate surface area is 141 Å². The maximum atomic E-state index is 12.7. The number of halogens is 1. The second-order valence-electron chi connectivity index (χ2n) is 5.61. The molecule has 3 rings (SSSR count). The van der Waals surface area contributed by atoms with Gasteiger partial charge in [0.05, 0.1) is 11.1 Å². The number of nitrogens with zero attached hydrogens (tertiary/aromatic N) is 1. The quantitative estimate of drug-likeness (QED) is 0.874. The maximum Gasteiger partial charge on any atom is 0.241 e. The van der Waals surface area contributed by atoms with Gasteiger partial charge in [-0.3, -0.25) is 0 Å². The standard InChI is InChI=1S/C15H19N3O3S.ClH/c16-11-5-7-12(8-6-11)18-22(19,20)15-4-2-1-3-13(15)14-9-10-17-21-14;/h1-4,9-12,18H,5-8,16H2;1H. The molecule has 1 aliphatic carbocycles. The molecule has 0 amide bonds. The molecule has 23 heavy (non-hydrogen) atoms. The topological polar surface area (TPSA) is 98.2 Å². The third kappa shape index (κ3) is 4.11.